The second kappa shape index (κ2) is 9.80. The fourth-order valence-corrected chi connectivity index (χ4v) is 5.61. The molecule has 1 amide bonds. The molecule has 1 heterocycles. The molecular weight excluding hydrogens is 382 g/mol. The molecular formula is C20H23NO4S2. The van der Waals surface area contributed by atoms with E-state index in [-0.39, 0.29) is 12.5 Å². The van der Waals surface area contributed by atoms with Crippen LogP contribution in [0.4, 0.5) is 5.69 Å². The molecule has 0 aromatic heterocycles. The second-order valence-corrected chi connectivity index (χ2v) is 8.47. The Labute approximate surface area is 168 Å². The van der Waals surface area contributed by atoms with Gasteiger partial charge in [-0.1, -0.05) is 18.2 Å². The van der Waals surface area contributed by atoms with E-state index in [1.54, 1.807) is 25.3 Å². The molecule has 0 unspecified atom stereocenters. The number of rotatable bonds is 8. The first-order valence-electron chi connectivity index (χ1n) is 8.77. The van der Waals surface area contributed by atoms with Crippen LogP contribution >= 0.6 is 23.5 Å². The van der Waals surface area contributed by atoms with E-state index in [4.69, 9.17) is 14.2 Å². The van der Waals surface area contributed by atoms with Crippen molar-refractivity contribution in [3.05, 3.63) is 48.0 Å². The second-order valence-electron chi connectivity index (χ2n) is 5.75. The van der Waals surface area contributed by atoms with E-state index in [0.717, 1.165) is 22.8 Å². The van der Waals surface area contributed by atoms with Gasteiger partial charge in [-0.25, -0.2) is 0 Å². The van der Waals surface area contributed by atoms with Gasteiger partial charge in [0.05, 0.1) is 18.3 Å². The Balaban J connectivity index is 1.60. The third-order valence-electron chi connectivity index (χ3n) is 3.90. The Hall–Kier alpha value is -1.99. The number of thioether (sulfide) groups is 2. The largest absolute Gasteiger partial charge is 0.493 e. The van der Waals surface area contributed by atoms with Crippen molar-refractivity contribution in [3.8, 4) is 17.2 Å². The average molecular weight is 406 g/mol. The SMILES string of the molecule is CCOc1ccc(NC(=O)COc2ccccc2C2SCCS2)cc1OC. The zero-order valence-corrected chi connectivity index (χ0v) is 17.0. The number of anilines is 1. The van der Waals surface area contributed by atoms with E-state index in [1.165, 1.54) is 0 Å². The first kappa shape index (κ1) is 19.8. The molecule has 0 spiro atoms. The summed E-state index contributed by atoms with van der Waals surface area (Å²) in [6.07, 6.45) is 0. The molecule has 0 aliphatic carbocycles. The third-order valence-corrected chi connectivity index (χ3v) is 6.97. The van der Waals surface area contributed by atoms with Gasteiger partial charge in [-0.2, -0.15) is 0 Å². The summed E-state index contributed by atoms with van der Waals surface area (Å²) in [5, 5.41) is 2.84. The van der Waals surface area contributed by atoms with Crippen molar-refractivity contribution in [1.29, 1.82) is 0 Å². The minimum absolute atomic E-state index is 0.0470. The zero-order valence-electron chi connectivity index (χ0n) is 15.4. The number of carbonyl (C=O) groups excluding carboxylic acids is 1. The number of hydrogen-bond donors (Lipinski definition) is 1. The van der Waals surface area contributed by atoms with Crippen LogP contribution in [0.5, 0.6) is 17.2 Å². The van der Waals surface area contributed by atoms with Crippen LogP contribution in [0.15, 0.2) is 42.5 Å². The highest BCUT2D eigenvalue weighted by molar-refractivity contribution is 8.19. The summed E-state index contributed by atoms with van der Waals surface area (Å²) in [7, 11) is 1.57. The molecule has 1 fully saturated rings. The van der Waals surface area contributed by atoms with Crippen molar-refractivity contribution in [3.63, 3.8) is 0 Å². The summed E-state index contributed by atoms with van der Waals surface area (Å²) in [6, 6.07) is 13.2. The van der Waals surface area contributed by atoms with Crippen molar-refractivity contribution in [2.75, 3.05) is 37.1 Å². The predicted octanol–water partition coefficient (Wildman–Crippen LogP) is 4.59. The molecule has 0 bridgehead atoms. The Morgan fingerprint density at radius 1 is 1.07 bits per heavy atom. The molecule has 1 N–H and O–H groups in total. The van der Waals surface area contributed by atoms with E-state index in [9.17, 15) is 4.79 Å². The summed E-state index contributed by atoms with van der Waals surface area (Å²) in [5.41, 5.74) is 1.78. The van der Waals surface area contributed by atoms with E-state index in [2.05, 4.69) is 11.4 Å². The highest BCUT2D eigenvalue weighted by Crippen LogP contribution is 2.48. The van der Waals surface area contributed by atoms with Crippen LogP contribution < -0.4 is 19.5 Å². The van der Waals surface area contributed by atoms with Crippen LogP contribution in [0, 0.1) is 0 Å². The molecule has 0 radical (unpaired) electrons. The number of methoxy groups -OCH3 is 1. The van der Waals surface area contributed by atoms with Gasteiger partial charge in [-0.15, -0.1) is 23.5 Å². The van der Waals surface area contributed by atoms with Gasteiger partial charge in [-0.3, -0.25) is 4.79 Å². The van der Waals surface area contributed by atoms with E-state index >= 15 is 0 Å². The third kappa shape index (κ3) is 5.26. The maximum absolute atomic E-state index is 12.3. The van der Waals surface area contributed by atoms with E-state index < -0.39 is 0 Å². The van der Waals surface area contributed by atoms with Crippen LogP contribution in [0.3, 0.4) is 0 Å². The molecule has 3 rings (SSSR count). The number of carbonyl (C=O) groups is 1. The number of nitrogens with one attached hydrogen (secondary N) is 1. The van der Waals surface area contributed by atoms with Crippen molar-refractivity contribution < 1.29 is 19.0 Å². The lowest BCUT2D eigenvalue weighted by Gasteiger charge is -2.15. The summed E-state index contributed by atoms with van der Waals surface area (Å²) in [5.74, 6) is 4.06. The maximum Gasteiger partial charge on any atom is 0.262 e. The molecule has 144 valence electrons. The minimum atomic E-state index is -0.220. The average Bonchev–Trinajstić information content (AvgIpc) is 3.22. The molecule has 1 aliphatic heterocycles. The Kier molecular flexibility index (Phi) is 7.18. The van der Waals surface area contributed by atoms with Crippen LogP contribution in [0.1, 0.15) is 17.1 Å². The van der Waals surface area contributed by atoms with Crippen molar-refractivity contribution >= 4 is 35.1 Å². The minimum Gasteiger partial charge on any atom is -0.493 e. The summed E-state index contributed by atoms with van der Waals surface area (Å²) >= 11 is 3.83. The molecule has 2 aromatic carbocycles. The predicted molar refractivity (Wildman–Crippen MR) is 112 cm³/mol. The van der Waals surface area contributed by atoms with Crippen LogP contribution in [0.2, 0.25) is 0 Å². The number of hydrogen-bond acceptors (Lipinski definition) is 6. The fraction of sp³-hybridized carbons (Fsp3) is 0.350. The van der Waals surface area contributed by atoms with Gasteiger partial charge >= 0.3 is 0 Å². The first-order valence-corrected chi connectivity index (χ1v) is 10.9. The van der Waals surface area contributed by atoms with Gasteiger partial charge in [0.2, 0.25) is 0 Å². The quantitative estimate of drug-likeness (QED) is 0.693. The van der Waals surface area contributed by atoms with E-state index in [0.29, 0.717) is 28.4 Å². The number of para-hydroxylation sites is 1. The fourth-order valence-electron chi connectivity index (χ4n) is 2.71. The lowest BCUT2D eigenvalue weighted by atomic mass is 10.2. The van der Waals surface area contributed by atoms with Crippen LogP contribution in [-0.4, -0.2) is 37.7 Å². The van der Waals surface area contributed by atoms with Gasteiger partial charge in [0, 0.05) is 28.8 Å². The smallest absolute Gasteiger partial charge is 0.262 e. The summed E-state index contributed by atoms with van der Waals surface area (Å²) in [4.78, 5) is 12.3. The van der Waals surface area contributed by atoms with Gasteiger partial charge in [0.1, 0.15) is 5.75 Å². The molecule has 0 saturated carbocycles. The number of amides is 1. The number of ether oxygens (including phenoxy) is 3. The maximum atomic E-state index is 12.3. The highest BCUT2D eigenvalue weighted by atomic mass is 32.2. The first-order chi connectivity index (χ1) is 13.2. The van der Waals surface area contributed by atoms with Gasteiger partial charge < -0.3 is 19.5 Å². The van der Waals surface area contributed by atoms with Gasteiger partial charge in [0.15, 0.2) is 18.1 Å². The van der Waals surface area contributed by atoms with Gasteiger partial charge in [0.25, 0.3) is 5.91 Å². The zero-order chi connectivity index (χ0) is 19.1. The van der Waals surface area contributed by atoms with Crippen molar-refractivity contribution in [2.45, 2.75) is 11.5 Å². The summed E-state index contributed by atoms with van der Waals surface area (Å²) < 4.78 is 17.0. The molecule has 5 nitrogen and oxygen atoms in total. The normalized spacial score (nSPS) is 14.0. The Morgan fingerprint density at radius 2 is 1.85 bits per heavy atom. The molecule has 27 heavy (non-hydrogen) atoms. The van der Waals surface area contributed by atoms with Crippen LogP contribution in [-0.2, 0) is 4.79 Å². The molecule has 7 heteroatoms. The molecule has 2 aromatic rings. The topological polar surface area (TPSA) is 56.8 Å². The molecule has 0 atom stereocenters. The Bertz CT molecular complexity index is 778. The summed E-state index contributed by atoms with van der Waals surface area (Å²) in [6.45, 7) is 2.41. The van der Waals surface area contributed by atoms with E-state index in [1.807, 2.05) is 48.6 Å². The standard InChI is InChI=1S/C20H23NO4S2/c1-3-24-17-9-8-14(12-18(17)23-2)21-19(22)13-25-16-7-5-4-6-15(16)20-26-10-11-27-20/h4-9,12,20H,3,10-11,13H2,1-2H3,(H,21,22). The Morgan fingerprint density at radius 3 is 2.59 bits per heavy atom. The number of benzene rings is 2. The molecule has 1 saturated heterocycles. The van der Waals surface area contributed by atoms with Crippen LogP contribution in [0.25, 0.3) is 0 Å². The van der Waals surface area contributed by atoms with Crippen molar-refractivity contribution in [2.24, 2.45) is 0 Å². The van der Waals surface area contributed by atoms with Gasteiger partial charge in [-0.05, 0) is 25.1 Å². The molecule has 1 aliphatic rings. The lowest BCUT2D eigenvalue weighted by molar-refractivity contribution is -0.118. The monoisotopic (exact) mass is 405 g/mol. The van der Waals surface area contributed by atoms with Crippen molar-refractivity contribution in [1.82, 2.24) is 0 Å². The highest BCUT2D eigenvalue weighted by Gasteiger charge is 2.22. The lowest BCUT2D eigenvalue weighted by Crippen LogP contribution is -2.20.